The second kappa shape index (κ2) is 7.15. The Morgan fingerprint density at radius 3 is 2.93 bits per heavy atom. The fourth-order valence-electron chi connectivity index (χ4n) is 3.66. The van der Waals surface area contributed by atoms with Crippen molar-refractivity contribution >= 4 is 28.4 Å². The van der Waals surface area contributed by atoms with Crippen molar-refractivity contribution in [3.05, 3.63) is 41.9 Å². The highest BCUT2D eigenvalue weighted by molar-refractivity contribution is 6.06. The SMILES string of the molecule is C[C@@H]1CN(c2ccc(C#N)nn2)CC[C@@H]1Nc1c(C(N)=O)cnc2[nH]ccc12. The molecule has 3 aromatic rings. The molecule has 0 unspecified atom stereocenters. The van der Waals surface area contributed by atoms with E-state index in [0.29, 0.717) is 16.9 Å². The number of hydrogen-bond acceptors (Lipinski definition) is 7. The summed E-state index contributed by atoms with van der Waals surface area (Å²) in [4.78, 5) is 21.4. The number of primary amides is 1. The zero-order valence-corrected chi connectivity index (χ0v) is 15.4. The molecule has 4 heterocycles. The van der Waals surface area contributed by atoms with Crippen molar-refractivity contribution in [1.82, 2.24) is 20.2 Å². The molecule has 0 saturated carbocycles. The van der Waals surface area contributed by atoms with Crippen LogP contribution in [0.5, 0.6) is 0 Å². The summed E-state index contributed by atoms with van der Waals surface area (Å²) in [5, 5.41) is 21.3. The lowest BCUT2D eigenvalue weighted by atomic mass is 9.93. The molecule has 0 radical (unpaired) electrons. The number of carbonyl (C=O) groups excluding carboxylic acids is 1. The minimum absolute atomic E-state index is 0.168. The number of nitriles is 1. The van der Waals surface area contributed by atoms with Crippen LogP contribution in [0.1, 0.15) is 29.4 Å². The highest BCUT2D eigenvalue weighted by atomic mass is 16.1. The zero-order chi connectivity index (χ0) is 19.7. The molecule has 1 aliphatic heterocycles. The van der Waals surface area contributed by atoms with Crippen molar-refractivity contribution in [2.24, 2.45) is 11.7 Å². The maximum Gasteiger partial charge on any atom is 0.252 e. The Bertz CT molecular complexity index is 1050. The van der Waals surface area contributed by atoms with Gasteiger partial charge in [-0.2, -0.15) is 5.26 Å². The van der Waals surface area contributed by atoms with Gasteiger partial charge in [-0.15, -0.1) is 10.2 Å². The van der Waals surface area contributed by atoms with Crippen LogP contribution in [0.25, 0.3) is 11.0 Å². The van der Waals surface area contributed by atoms with Crippen LogP contribution in [0.15, 0.2) is 30.6 Å². The first-order valence-electron chi connectivity index (χ1n) is 9.08. The van der Waals surface area contributed by atoms with Crippen LogP contribution < -0.4 is 16.0 Å². The molecule has 1 amide bonds. The summed E-state index contributed by atoms with van der Waals surface area (Å²) in [6.07, 6.45) is 4.16. The first-order chi connectivity index (χ1) is 13.6. The van der Waals surface area contributed by atoms with Gasteiger partial charge in [-0.05, 0) is 30.5 Å². The molecule has 9 nitrogen and oxygen atoms in total. The number of nitrogens with two attached hydrogens (primary N) is 1. The number of anilines is 2. The quantitative estimate of drug-likeness (QED) is 0.629. The van der Waals surface area contributed by atoms with Crippen LogP contribution in [-0.4, -0.2) is 45.2 Å². The predicted molar refractivity (Wildman–Crippen MR) is 105 cm³/mol. The molecule has 4 N–H and O–H groups in total. The van der Waals surface area contributed by atoms with Crippen molar-refractivity contribution < 1.29 is 4.79 Å². The van der Waals surface area contributed by atoms with Gasteiger partial charge in [0.05, 0.1) is 11.3 Å². The van der Waals surface area contributed by atoms with E-state index in [1.807, 2.05) is 18.2 Å². The van der Waals surface area contributed by atoms with Gasteiger partial charge in [0.15, 0.2) is 11.5 Å². The third kappa shape index (κ3) is 3.20. The highest BCUT2D eigenvalue weighted by Crippen LogP contribution is 2.30. The number of aromatic amines is 1. The van der Waals surface area contributed by atoms with Gasteiger partial charge in [-0.1, -0.05) is 6.92 Å². The monoisotopic (exact) mass is 376 g/mol. The molecule has 0 bridgehead atoms. The maximum absolute atomic E-state index is 11.9. The molecule has 28 heavy (non-hydrogen) atoms. The number of fused-ring (bicyclic) bond motifs is 1. The molecule has 0 spiro atoms. The fourth-order valence-corrected chi connectivity index (χ4v) is 3.66. The molecule has 0 aliphatic carbocycles. The van der Waals surface area contributed by atoms with Crippen molar-refractivity contribution in [3.8, 4) is 6.07 Å². The standard InChI is InChI=1S/C19H20N8O/c1-11-10-27(16-3-2-12(8-20)25-26-16)7-5-15(11)24-17-13-4-6-22-19(13)23-9-14(17)18(21)28/h2-4,6,9,11,15H,5,7,10H2,1H3,(H2,21,28)(H2,22,23,24)/t11-,15+/m1/s1. The summed E-state index contributed by atoms with van der Waals surface area (Å²) in [5.74, 6) is 0.546. The van der Waals surface area contributed by atoms with E-state index >= 15 is 0 Å². The normalized spacial score (nSPS) is 19.4. The molecule has 1 aliphatic rings. The minimum atomic E-state index is -0.504. The Labute approximate surface area is 161 Å². The third-order valence-electron chi connectivity index (χ3n) is 5.18. The van der Waals surface area contributed by atoms with Crippen molar-refractivity contribution in [2.75, 3.05) is 23.3 Å². The van der Waals surface area contributed by atoms with Crippen molar-refractivity contribution in [1.29, 1.82) is 5.26 Å². The van der Waals surface area contributed by atoms with Crippen molar-refractivity contribution in [2.45, 2.75) is 19.4 Å². The number of nitrogens with one attached hydrogen (secondary N) is 2. The molecule has 2 atom stereocenters. The van der Waals surface area contributed by atoms with E-state index < -0.39 is 5.91 Å². The molecule has 0 aromatic carbocycles. The summed E-state index contributed by atoms with van der Waals surface area (Å²) in [7, 11) is 0. The van der Waals surface area contributed by atoms with E-state index in [1.54, 1.807) is 12.3 Å². The van der Waals surface area contributed by atoms with Gasteiger partial charge in [0, 0.05) is 36.9 Å². The minimum Gasteiger partial charge on any atom is -0.381 e. The number of rotatable bonds is 4. The van der Waals surface area contributed by atoms with Crippen LogP contribution in [0.4, 0.5) is 11.5 Å². The molecular weight excluding hydrogens is 356 g/mol. The second-order valence-corrected chi connectivity index (χ2v) is 7.00. The van der Waals surface area contributed by atoms with E-state index in [4.69, 9.17) is 11.0 Å². The summed E-state index contributed by atoms with van der Waals surface area (Å²) >= 11 is 0. The second-order valence-electron chi connectivity index (χ2n) is 7.00. The molecule has 1 saturated heterocycles. The van der Waals surface area contributed by atoms with E-state index in [1.165, 1.54) is 6.20 Å². The van der Waals surface area contributed by atoms with Crippen LogP contribution in [0.3, 0.4) is 0 Å². The molecule has 3 aromatic heterocycles. The molecule has 4 rings (SSSR count). The molecule has 9 heteroatoms. The highest BCUT2D eigenvalue weighted by Gasteiger charge is 2.28. The van der Waals surface area contributed by atoms with Gasteiger partial charge in [0.1, 0.15) is 11.7 Å². The Morgan fingerprint density at radius 2 is 2.25 bits per heavy atom. The van der Waals surface area contributed by atoms with E-state index in [9.17, 15) is 4.79 Å². The number of pyridine rings is 1. The van der Waals surface area contributed by atoms with E-state index in [-0.39, 0.29) is 12.0 Å². The van der Waals surface area contributed by atoms with Crippen molar-refractivity contribution in [3.63, 3.8) is 0 Å². The number of H-pyrrole nitrogens is 1. The van der Waals surface area contributed by atoms with Crippen LogP contribution in [0, 0.1) is 17.2 Å². The number of carbonyl (C=O) groups is 1. The first-order valence-corrected chi connectivity index (χ1v) is 9.08. The predicted octanol–water partition coefficient (Wildman–Crippen LogP) is 1.65. The van der Waals surface area contributed by atoms with Gasteiger partial charge in [0.2, 0.25) is 0 Å². The number of aromatic nitrogens is 4. The Hall–Kier alpha value is -3.67. The summed E-state index contributed by atoms with van der Waals surface area (Å²) < 4.78 is 0. The number of piperidine rings is 1. The molecule has 142 valence electrons. The van der Waals surface area contributed by atoms with Gasteiger partial charge in [-0.3, -0.25) is 4.79 Å². The van der Waals surface area contributed by atoms with Gasteiger partial charge < -0.3 is 20.9 Å². The Morgan fingerprint density at radius 1 is 1.39 bits per heavy atom. The Kier molecular flexibility index (Phi) is 4.53. The lowest BCUT2D eigenvalue weighted by Gasteiger charge is -2.38. The van der Waals surface area contributed by atoms with Crippen LogP contribution in [0.2, 0.25) is 0 Å². The number of hydrogen-bond donors (Lipinski definition) is 3. The summed E-state index contributed by atoms with van der Waals surface area (Å²) in [6.45, 7) is 3.72. The van der Waals surface area contributed by atoms with E-state index in [2.05, 4.69) is 37.3 Å². The molecule has 1 fully saturated rings. The fraction of sp³-hybridized carbons (Fsp3) is 0.316. The average Bonchev–Trinajstić information content (AvgIpc) is 3.18. The van der Waals surface area contributed by atoms with Crippen LogP contribution in [-0.2, 0) is 0 Å². The number of nitrogens with zero attached hydrogens (tertiary/aromatic N) is 5. The average molecular weight is 376 g/mol. The molecular formula is C19H20N8O. The van der Waals surface area contributed by atoms with Gasteiger partial charge >= 0.3 is 0 Å². The lowest BCUT2D eigenvalue weighted by Crippen LogP contribution is -2.46. The topological polar surface area (TPSA) is 137 Å². The third-order valence-corrected chi connectivity index (χ3v) is 5.18. The largest absolute Gasteiger partial charge is 0.381 e. The lowest BCUT2D eigenvalue weighted by molar-refractivity contribution is 0.100. The summed E-state index contributed by atoms with van der Waals surface area (Å²) in [5.41, 5.74) is 7.69. The van der Waals surface area contributed by atoms with Gasteiger partial charge in [0.25, 0.3) is 5.91 Å². The van der Waals surface area contributed by atoms with E-state index in [0.717, 1.165) is 36.4 Å². The number of amides is 1. The van der Waals surface area contributed by atoms with Crippen LogP contribution >= 0.6 is 0 Å². The smallest absolute Gasteiger partial charge is 0.252 e. The first kappa shape index (κ1) is 17.7. The zero-order valence-electron chi connectivity index (χ0n) is 15.4. The van der Waals surface area contributed by atoms with Gasteiger partial charge in [-0.25, -0.2) is 4.98 Å². The Balaban J connectivity index is 1.54. The summed E-state index contributed by atoms with van der Waals surface area (Å²) in [6, 6.07) is 7.54. The maximum atomic E-state index is 11.9.